The maximum absolute atomic E-state index is 12.8. The number of nitrogens with zero attached hydrogens (tertiary/aromatic N) is 1. The first-order valence-electron chi connectivity index (χ1n) is 14.3. The molecule has 7 heteroatoms. The first-order chi connectivity index (χ1) is 18.3. The average molecular weight is 528 g/mol. The number of halogens is 3. The zero-order chi connectivity index (χ0) is 26.5. The molecule has 2 aliphatic rings. The molecule has 3 aromatic rings. The Labute approximate surface area is 223 Å². The van der Waals surface area contributed by atoms with Gasteiger partial charge >= 0.3 is 6.36 Å². The summed E-state index contributed by atoms with van der Waals surface area (Å²) >= 11 is 0. The highest BCUT2D eigenvalue weighted by molar-refractivity contribution is 5.89. The zero-order valence-corrected chi connectivity index (χ0v) is 22.1. The van der Waals surface area contributed by atoms with Crippen LogP contribution in [-0.2, 0) is 13.0 Å². The van der Waals surface area contributed by atoms with Crippen LogP contribution < -0.4 is 15.8 Å². The van der Waals surface area contributed by atoms with Crippen molar-refractivity contribution in [3.05, 3.63) is 54.2 Å². The summed E-state index contributed by atoms with van der Waals surface area (Å²) in [6, 6.07) is 13.5. The highest BCUT2D eigenvalue weighted by Gasteiger charge is 2.31. The van der Waals surface area contributed by atoms with Gasteiger partial charge in [-0.1, -0.05) is 37.5 Å². The normalized spacial score (nSPS) is 21.2. The molecule has 2 fully saturated rings. The summed E-state index contributed by atoms with van der Waals surface area (Å²) in [5, 5.41) is 4.93. The molecule has 0 saturated heterocycles. The molecule has 1 heterocycles. The number of alkyl halides is 3. The molecule has 3 N–H and O–H groups in total. The van der Waals surface area contributed by atoms with Crippen molar-refractivity contribution < 1.29 is 17.9 Å². The van der Waals surface area contributed by atoms with Crippen molar-refractivity contribution >= 4 is 10.9 Å². The van der Waals surface area contributed by atoms with E-state index in [-0.39, 0.29) is 5.75 Å². The van der Waals surface area contributed by atoms with Crippen molar-refractivity contribution in [3.8, 4) is 16.9 Å². The van der Waals surface area contributed by atoms with Crippen molar-refractivity contribution in [2.45, 2.75) is 95.6 Å². The van der Waals surface area contributed by atoms with Crippen LogP contribution in [0.5, 0.6) is 5.75 Å². The molecule has 2 saturated carbocycles. The largest absolute Gasteiger partial charge is 0.573 e. The van der Waals surface area contributed by atoms with Crippen molar-refractivity contribution in [1.82, 2.24) is 9.88 Å². The average Bonchev–Trinajstić information content (AvgIpc) is 3.24. The Morgan fingerprint density at radius 3 is 2.45 bits per heavy atom. The molecule has 0 atom stereocenters. The molecular weight excluding hydrogens is 487 g/mol. The second kappa shape index (κ2) is 12.1. The smallest absolute Gasteiger partial charge is 0.406 e. The fourth-order valence-corrected chi connectivity index (χ4v) is 6.33. The minimum absolute atomic E-state index is 0.195. The summed E-state index contributed by atoms with van der Waals surface area (Å²) in [7, 11) is 0. The Kier molecular flexibility index (Phi) is 8.64. The number of rotatable bonds is 9. The quantitative estimate of drug-likeness (QED) is 0.282. The predicted molar refractivity (Wildman–Crippen MR) is 147 cm³/mol. The van der Waals surface area contributed by atoms with Gasteiger partial charge in [0.2, 0.25) is 0 Å². The number of aryl methyl sites for hydroxylation is 1. The lowest BCUT2D eigenvalue weighted by molar-refractivity contribution is -0.274. The number of benzene rings is 2. The molecule has 0 radical (unpaired) electrons. The van der Waals surface area contributed by atoms with E-state index in [4.69, 9.17) is 5.73 Å². The number of ether oxygens (including phenoxy) is 1. The summed E-state index contributed by atoms with van der Waals surface area (Å²) in [5.74, 6) is 0.516. The molecule has 38 heavy (non-hydrogen) atoms. The molecular formula is C31H40F3N3O. The van der Waals surface area contributed by atoms with Gasteiger partial charge in [-0.2, -0.15) is 0 Å². The number of hydrogen-bond donors (Lipinski definition) is 2. The van der Waals surface area contributed by atoms with Crippen LogP contribution in [0.2, 0.25) is 0 Å². The van der Waals surface area contributed by atoms with E-state index in [2.05, 4.69) is 33.0 Å². The van der Waals surface area contributed by atoms with E-state index in [1.165, 1.54) is 60.7 Å². The van der Waals surface area contributed by atoms with E-state index < -0.39 is 6.36 Å². The Balaban J connectivity index is 1.35. The van der Waals surface area contributed by atoms with Crippen molar-refractivity contribution in [1.29, 1.82) is 0 Å². The Hall–Kier alpha value is -2.51. The first kappa shape index (κ1) is 27.1. The van der Waals surface area contributed by atoms with Crippen LogP contribution in [0.1, 0.15) is 69.8 Å². The molecule has 5 rings (SSSR count). The summed E-state index contributed by atoms with van der Waals surface area (Å²) in [6.45, 7) is 2.01. The number of fused-ring (bicyclic) bond motifs is 1. The maximum atomic E-state index is 12.8. The molecule has 206 valence electrons. The first-order valence-corrected chi connectivity index (χ1v) is 14.3. The highest BCUT2D eigenvalue weighted by Crippen LogP contribution is 2.33. The fourth-order valence-electron chi connectivity index (χ4n) is 6.33. The van der Waals surface area contributed by atoms with E-state index in [9.17, 15) is 13.2 Å². The van der Waals surface area contributed by atoms with E-state index in [0.717, 1.165) is 62.7 Å². The van der Waals surface area contributed by atoms with Gasteiger partial charge in [-0.25, -0.2) is 0 Å². The van der Waals surface area contributed by atoms with Gasteiger partial charge in [0.1, 0.15) is 5.75 Å². The highest BCUT2D eigenvalue weighted by atomic mass is 19.4. The second-order valence-electron chi connectivity index (χ2n) is 11.3. The van der Waals surface area contributed by atoms with E-state index in [1.54, 1.807) is 6.07 Å². The second-order valence-corrected chi connectivity index (χ2v) is 11.3. The molecule has 0 spiro atoms. The number of nitrogens with one attached hydrogen (secondary N) is 1. The van der Waals surface area contributed by atoms with Gasteiger partial charge in [-0.3, -0.25) is 0 Å². The summed E-state index contributed by atoms with van der Waals surface area (Å²) in [5.41, 5.74) is 10.2. The number of aromatic nitrogens is 1. The maximum Gasteiger partial charge on any atom is 0.573 e. The monoisotopic (exact) mass is 527 g/mol. The van der Waals surface area contributed by atoms with Crippen molar-refractivity contribution in [3.63, 3.8) is 0 Å². The summed E-state index contributed by atoms with van der Waals surface area (Å²) in [6.07, 6.45) is 10.7. The summed E-state index contributed by atoms with van der Waals surface area (Å²) < 4.78 is 44.9. The third-order valence-electron chi connectivity index (χ3n) is 8.37. The van der Waals surface area contributed by atoms with Crippen molar-refractivity contribution in [2.75, 3.05) is 6.54 Å². The van der Waals surface area contributed by atoms with Crippen molar-refractivity contribution in [2.24, 2.45) is 11.7 Å². The Bertz CT molecular complexity index is 1190. The van der Waals surface area contributed by atoms with Crippen LogP contribution in [-0.4, -0.2) is 29.6 Å². The van der Waals surface area contributed by atoms with Gasteiger partial charge in [0, 0.05) is 35.7 Å². The minimum atomic E-state index is -4.70. The van der Waals surface area contributed by atoms with E-state index in [0.29, 0.717) is 18.0 Å². The lowest BCUT2D eigenvalue weighted by Gasteiger charge is -2.26. The molecule has 0 aliphatic heterocycles. The van der Waals surface area contributed by atoms with Gasteiger partial charge in [0.15, 0.2) is 0 Å². The third-order valence-corrected chi connectivity index (χ3v) is 8.37. The third kappa shape index (κ3) is 7.11. The molecule has 2 aliphatic carbocycles. The molecule has 0 unspecified atom stereocenters. The van der Waals surface area contributed by atoms with Gasteiger partial charge < -0.3 is 20.4 Å². The molecule has 0 bridgehead atoms. The number of hydrogen-bond acceptors (Lipinski definition) is 3. The van der Waals surface area contributed by atoms with Gasteiger partial charge in [-0.15, -0.1) is 13.2 Å². The van der Waals surface area contributed by atoms with Crippen LogP contribution >= 0.6 is 0 Å². The molecule has 0 amide bonds. The molecule has 1 aromatic heterocycles. The topological polar surface area (TPSA) is 52.2 Å². The fraction of sp³-hybridized carbons (Fsp3) is 0.548. The summed E-state index contributed by atoms with van der Waals surface area (Å²) in [4.78, 5) is 0. The van der Waals surface area contributed by atoms with Gasteiger partial charge in [0.05, 0.1) is 0 Å². The molecule has 2 aromatic carbocycles. The van der Waals surface area contributed by atoms with Gasteiger partial charge in [-0.05, 0) is 105 Å². The van der Waals surface area contributed by atoms with Crippen LogP contribution in [0.4, 0.5) is 13.2 Å². The SMILES string of the molecule is N[C@H]1CC[C@H](NCCCc2cn(CC3CCCCC3)c3ccc(-c4cccc(OC(F)(F)F)c4)cc23)CC1. The van der Waals surface area contributed by atoms with Crippen LogP contribution in [0.3, 0.4) is 0 Å². The minimum Gasteiger partial charge on any atom is -0.406 e. The van der Waals surface area contributed by atoms with Crippen LogP contribution in [0.15, 0.2) is 48.7 Å². The van der Waals surface area contributed by atoms with Gasteiger partial charge in [0.25, 0.3) is 0 Å². The van der Waals surface area contributed by atoms with E-state index >= 15 is 0 Å². The van der Waals surface area contributed by atoms with Crippen LogP contribution in [0.25, 0.3) is 22.0 Å². The Morgan fingerprint density at radius 1 is 0.921 bits per heavy atom. The lowest BCUT2D eigenvalue weighted by atomic mass is 9.89. The zero-order valence-electron chi connectivity index (χ0n) is 22.1. The van der Waals surface area contributed by atoms with Crippen LogP contribution in [0, 0.1) is 5.92 Å². The molecule has 4 nitrogen and oxygen atoms in total. The predicted octanol–water partition coefficient (Wildman–Crippen LogP) is 7.58. The van der Waals surface area contributed by atoms with E-state index in [1.807, 2.05) is 12.1 Å². The standard InChI is InChI=1S/C31H40F3N3O/c32-31(33,34)38-28-10-4-8-23(18-28)24-11-16-30-29(19-24)25(21-37(30)20-22-6-2-1-3-7-22)9-5-17-36-27-14-12-26(35)13-15-27/h4,8,10-11,16,18-19,21-22,26-27,36H,1-3,5-7,9,12-15,17,20,35H2/t26-,27-. The lowest BCUT2D eigenvalue weighted by Crippen LogP contribution is -2.37. The Morgan fingerprint density at radius 2 is 1.68 bits per heavy atom. The number of nitrogens with two attached hydrogens (primary N) is 1.